The number of sulfonamides is 1. The van der Waals surface area contributed by atoms with Crippen molar-refractivity contribution >= 4 is 38.9 Å². The van der Waals surface area contributed by atoms with E-state index in [4.69, 9.17) is 0 Å². The monoisotopic (exact) mass is 421 g/mol. The first kappa shape index (κ1) is 19.7. The first-order valence-electron chi connectivity index (χ1n) is 9.30. The third-order valence-corrected chi connectivity index (χ3v) is 6.18. The summed E-state index contributed by atoms with van der Waals surface area (Å²) in [5.41, 5.74) is 1.87. The van der Waals surface area contributed by atoms with Crippen molar-refractivity contribution in [1.29, 1.82) is 0 Å². The molecule has 0 saturated heterocycles. The van der Waals surface area contributed by atoms with E-state index in [1.165, 1.54) is 12.1 Å². The maximum Gasteiger partial charge on any atom is 0.261 e. The van der Waals surface area contributed by atoms with Gasteiger partial charge in [0.15, 0.2) is 0 Å². The van der Waals surface area contributed by atoms with Crippen LogP contribution in [0.5, 0.6) is 0 Å². The van der Waals surface area contributed by atoms with Gasteiger partial charge in [0.2, 0.25) is 11.8 Å². The van der Waals surface area contributed by atoms with E-state index in [-0.39, 0.29) is 28.8 Å². The van der Waals surface area contributed by atoms with E-state index in [2.05, 4.69) is 15.4 Å². The molecule has 1 unspecified atom stereocenters. The Bertz CT molecular complexity index is 1210. The SMILES string of the molecule is O=C1CC(C(=O)Nc2ccccc2NS(=O)(=O)c2ccccc2)c2ccccc2N1. The van der Waals surface area contributed by atoms with Crippen molar-refractivity contribution in [2.24, 2.45) is 0 Å². The lowest BCUT2D eigenvalue weighted by atomic mass is 9.90. The molecule has 3 N–H and O–H groups in total. The van der Waals surface area contributed by atoms with Gasteiger partial charge in [-0.3, -0.25) is 14.3 Å². The van der Waals surface area contributed by atoms with Crippen LogP contribution in [0.1, 0.15) is 17.9 Å². The molecule has 152 valence electrons. The number of hydrogen-bond donors (Lipinski definition) is 3. The number of carbonyl (C=O) groups excluding carboxylic acids is 2. The Labute approximate surface area is 174 Å². The molecule has 0 spiro atoms. The predicted octanol–water partition coefficient (Wildman–Crippen LogP) is 3.55. The van der Waals surface area contributed by atoms with Crippen LogP contribution in [0.15, 0.2) is 83.8 Å². The fraction of sp³-hybridized carbons (Fsp3) is 0.0909. The van der Waals surface area contributed by atoms with E-state index in [0.717, 1.165) is 5.56 Å². The summed E-state index contributed by atoms with van der Waals surface area (Å²) in [6.07, 6.45) is 0.0146. The lowest BCUT2D eigenvalue weighted by molar-refractivity contribution is -0.123. The molecule has 3 aromatic rings. The number of para-hydroxylation sites is 3. The summed E-state index contributed by atoms with van der Waals surface area (Å²) >= 11 is 0. The number of hydrogen-bond acceptors (Lipinski definition) is 4. The zero-order valence-electron chi connectivity index (χ0n) is 15.8. The second-order valence-electron chi connectivity index (χ2n) is 6.85. The van der Waals surface area contributed by atoms with Crippen LogP contribution >= 0.6 is 0 Å². The van der Waals surface area contributed by atoms with Crippen LogP contribution in [0.3, 0.4) is 0 Å². The highest BCUT2D eigenvalue weighted by atomic mass is 32.2. The van der Waals surface area contributed by atoms with Crippen molar-refractivity contribution < 1.29 is 18.0 Å². The van der Waals surface area contributed by atoms with E-state index in [0.29, 0.717) is 11.4 Å². The van der Waals surface area contributed by atoms with Crippen molar-refractivity contribution in [3.8, 4) is 0 Å². The quantitative estimate of drug-likeness (QED) is 0.586. The Kier molecular flexibility index (Phi) is 5.24. The lowest BCUT2D eigenvalue weighted by Crippen LogP contribution is -2.31. The van der Waals surface area contributed by atoms with Crippen molar-refractivity contribution in [1.82, 2.24) is 0 Å². The van der Waals surface area contributed by atoms with Gasteiger partial charge >= 0.3 is 0 Å². The Morgan fingerprint density at radius 2 is 1.50 bits per heavy atom. The van der Waals surface area contributed by atoms with Crippen LogP contribution in [0.4, 0.5) is 17.1 Å². The summed E-state index contributed by atoms with van der Waals surface area (Å²) < 4.78 is 27.9. The average molecular weight is 421 g/mol. The van der Waals surface area contributed by atoms with Crippen LogP contribution < -0.4 is 15.4 Å². The van der Waals surface area contributed by atoms with Gasteiger partial charge in [0.1, 0.15) is 0 Å². The van der Waals surface area contributed by atoms with Gasteiger partial charge in [-0.1, -0.05) is 48.5 Å². The third-order valence-electron chi connectivity index (χ3n) is 4.80. The molecule has 0 saturated carbocycles. The second kappa shape index (κ2) is 8.00. The summed E-state index contributed by atoms with van der Waals surface area (Å²) in [4.78, 5) is 25.1. The summed E-state index contributed by atoms with van der Waals surface area (Å²) in [6.45, 7) is 0. The Morgan fingerprint density at radius 1 is 0.867 bits per heavy atom. The molecule has 0 bridgehead atoms. The number of amides is 2. The van der Waals surface area contributed by atoms with Crippen LogP contribution in [-0.2, 0) is 19.6 Å². The zero-order chi connectivity index (χ0) is 21.1. The van der Waals surface area contributed by atoms with Crippen LogP contribution in [0, 0.1) is 0 Å². The van der Waals surface area contributed by atoms with Gasteiger partial charge in [0.25, 0.3) is 10.0 Å². The molecule has 1 atom stereocenters. The van der Waals surface area contributed by atoms with Crippen LogP contribution in [0.25, 0.3) is 0 Å². The van der Waals surface area contributed by atoms with Crippen LogP contribution in [0.2, 0.25) is 0 Å². The molecule has 1 aliphatic rings. The Morgan fingerprint density at radius 3 is 2.27 bits per heavy atom. The number of benzene rings is 3. The van der Waals surface area contributed by atoms with Gasteiger partial charge < -0.3 is 10.6 Å². The maximum absolute atomic E-state index is 13.0. The van der Waals surface area contributed by atoms with E-state index in [9.17, 15) is 18.0 Å². The second-order valence-corrected chi connectivity index (χ2v) is 8.53. The molecule has 7 nitrogen and oxygen atoms in total. The summed E-state index contributed by atoms with van der Waals surface area (Å²) in [5.74, 6) is -1.30. The molecule has 0 aliphatic carbocycles. The van der Waals surface area contributed by atoms with Gasteiger partial charge in [-0.15, -0.1) is 0 Å². The summed E-state index contributed by atoms with van der Waals surface area (Å²) in [5, 5.41) is 5.53. The highest BCUT2D eigenvalue weighted by Gasteiger charge is 2.31. The van der Waals surface area contributed by atoms with Crippen molar-refractivity contribution in [2.45, 2.75) is 17.2 Å². The van der Waals surface area contributed by atoms with E-state index in [1.807, 2.05) is 0 Å². The first-order chi connectivity index (χ1) is 14.4. The fourth-order valence-electron chi connectivity index (χ4n) is 3.35. The van der Waals surface area contributed by atoms with Gasteiger partial charge in [-0.05, 0) is 35.9 Å². The third kappa shape index (κ3) is 4.04. The molecular formula is C22H19N3O4S. The standard InChI is InChI=1S/C22H19N3O4S/c26-21-14-17(16-10-4-5-11-18(16)23-21)22(27)24-19-12-6-7-13-20(19)25-30(28,29)15-8-2-1-3-9-15/h1-13,17,25H,14H2,(H,23,26)(H,24,27). The van der Waals surface area contributed by atoms with Crippen molar-refractivity contribution in [2.75, 3.05) is 15.4 Å². The van der Waals surface area contributed by atoms with Crippen molar-refractivity contribution in [3.63, 3.8) is 0 Å². The minimum absolute atomic E-state index is 0.0146. The molecule has 0 aromatic heterocycles. The number of nitrogens with one attached hydrogen (secondary N) is 3. The predicted molar refractivity (Wildman–Crippen MR) is 115 cm³/mol. The molecule has 30 heavy (non-hydrogen) atoms. The normalized spacial score (nSPS) is 15.6. The van der Waals surface area contributed by atoms with Gasteiger partial charge in [0.05, 0.1) is 22.2 Å². The topological polar surface area (TPSA) is 104 Å². The number of anilines is 3. The van der Waals surface area contributed by atoms with E-state index >= 15 is 0 Å². The highest BCUT2D eigenvalue weighted by Crippen LogP contribution is 2.34. The average Bonchev–Trinajstić information content (AvgIpc) is 2.75. The molecule has 0 radical (unpaired) electrons. The zero-order valence-corrected chi connectivity index (χ0v) is 16.6. The van der Waals surface area contributed by atoms with Gasteiger partial charge in [0, 0.05) is 12.1 Å². The number of carbonyl (C=O) groups is 2. The summed E-state index contributed by atoms with van der Waals surface area (Å²) in [6, 6.07) is 21.6. The number of rotatable bonds is 5. The Balaban J connectivity index is 1.60. The van der Waals surface area contributed by atoms with E-state index < -0.39 is 15.9 Å². The number of fused-ring (bicyclic) bond motifs is 1. The minimum atomic E-state index is -3.82. The Hall–Kier alpha value is -3.65. The molecular weight excluding hydrogens is 402 g/mol. The first-order valence-corrected chi connectivity index (χ1v) is 10.8. The fourth-order valence-corrected chi connectivity index (χ4v) is 4.45. The molecule has 8 heteroatoms. The van der Waals surface area contributed by atoms with Crippen molar-refractivity contribution in [3.05, 3.63) is 84.4 Å². The molecule has 3 aromatic carbocycles. The maximum atomic E-state index is 13.0. The summed E-state index contributed by atoms with van der Waals surface area (Å²) in [7, 11) is -3.82. The lowest BCUT2D eigenvalue weighted by Gasteiger charge is -2.25. The smallest absolute Gasteiger partial charge is 0.261 e. The molecule has 4 rings (SSSR count). The van der Waals surface area contributed by atoms with Crippen LogP contribution in [-0.4, -0.2) is 20.2 Å². The van der Waals surface area contributed by atoms with Gasteiger partial charge in [-0.25, -0.2) is 8.42 Å². The minimum Gasteiger partial charge on any atom is -0.326 e. The molecule has 0 fully saturated rings. The molecule has 1 heterocycles. The molecule has 1 aliphatic heterocycles. The highest BCUT2D eigenvalue weighted by molar-refractivity contribution is 7.92. The van der Waals surface area contributed by atoms with E-state index in [1.54, 1.807) is 66.7 Å². The molecule has 2 amide bonds. The largest absolute Gasteiger partial charge is 0.326 e. The van der Waals surface area contributed by atoms with Gasteiger partial charge in [-0.2, -0.15) is 0 Å².